The first-order valence-corrected chi connectivity index (χ1v) is 7.28. The number of carbonyl (C=O) groups is 2. The molecule has 0 fully saturated rings. The second-order valence-corrected chi connectivity index (χ2v) is 5.25. The molecule has 0 aromatic heterocycles. The van der Waals surface area contributed by atoms with Crippen LogP contribution in [0.5, 0.6) is 11.5 Å². The Hall–Kier alpha value is -2.41. The largest absolute Gasteiger partial charge is 0.503 e. The van der Waals surface area contributed by atoms with Crippen LogP contribution in [0.1, 0.15) is 25.5 Å². The lowest BCUT2D eigenvalue weighted by Crippen LogP contribution is -2.45. The second kappa shape index (κ2) is 6.78. The summed E-state index contributed by atoms with van der Waals surface area (Å²) in [7, 11) is 1.26. The maximum atomic E-state index is 12.0. The van der Waals surface area contributed by atoms with Crippen molar-refractivity contribution in [3.63, 3.8) is 0 Å². The molecule has 1 aromatic carbocycles. The van der Waals surface area contributed by atoms with Crippen LogP contribution in [0.2, 0.25) is 5.02 Å². The minimum Gasteiger partial charge on any atom is -0.503 e. The van der Waals surface area contributed by atoms with Gasteiger partial charge in [-0.3, -0.25) is 0 Å². The Kier molecular flexibility index (Phi) is 5.00. The van der Waals surface area contributed by atoms with E-state index in [0.717, 1.165) is 0 Å². The van der Waals surface area contributed by atoms with Crippen LogP contribution in [0.4, 0.5) is 4.79 Å². The summed E-state index contributed by atoms with van der Waals surface area (Å²) in [6.07, 6.45) is 0. The van der Waals surface area contributed by atoms with E-state index in [1.807, 2.05) is 0 Å². The molecule has 8 heteroatoms. The van der Waals surface area contributed by atoms with Crippen LogP contribution in [0.15, 0.2) is 23.4 Å². The molecule has 1 heterocycles. The van der Waals surface area contributed by atoms with E-state index < -0.39 is 18.0 Å². The highest BCUT2D eigenvalue weighted by molar-refractivity contribution is 6.32. The predicted molar refractivity (Wildman–Crippen MR) is 83.4 cm³/mol. The molecule has 0 saturated carbocycles. The van der Waals surface area contributed by atoms with E-state index in [2.05, 4.69) is 10.6 Å². The molecule has 1 aliphatic heterocycles. The van der Waals surface area contributed by atoms with E-state index in [1.165, 1.54) is 19.2 Å². The summed E-state index contributed by atoms with van der Waals surface area (Å²) in [6, 6.07) is 1.76. The molecular formula is C15H17ClN2O5. The van der Waals surface area contributed by atoms with Gasteiger partial charge in [-0.15, -0.1) is 0 Å². The maximum Gasteiger partial charge on any atom is 0.337 e. The van der Waals surface area contributed by atoms with Crippen molar-refractivity contribution in [2.24, 2.45) is 0 Å². The fourth-order valence-electron chi connectivity index (χ4n) is 2.35. The van der Waals surface area contributed by atoms with Crippen molar-refractivity contribution >= 4 is 23.6 Å². The van der Waals surface area contributed by atoms with E-state index in [-0.39, 0.29) is 22.1 Å². The third kappa shape index (κ3) is 3.34. The van der Waals surface area contributed by atoms with Gasteiger partial charge in [-0.25, -0.2) is 9.59 Å². The molecule has 0 unspecified atom stereocenters. The summed E-state index contributed by atoms with van der Waals surface area (Å²) in [5.41, 5.74) is 1.12. The number of esters is 1. The van der Waals surface area contributed by atoms with E-state index >= 15 is 0 Å². The van der Waals surface area contributed by atoms with Crippen LogP contribution in [0.25, 0.3) is 0 Å². The number of hydrogen-bond donors (Lipinski definition) is 3. The molecule has 2 amide bonds. The van der Waals surface area contributed by atoms with Gasteiger partial charge < -0.3 is 25.2 Å². The fraction of sp³-hybridized carbons (Fsp3) is 0.333. The van der Waals surface area contributed by atoms with Gasteiger partial charge in [0.15, 0.2) is 11.5 Å². The monoisotopic (exact) mass is 340 g/mol. The highest BCUT2D eigenvalue weighted by Gasteiger charge is 2.32. The number of benzene rings is 1. The van der Waals surface area contributed by atoms with Crippen molar-refractivity contribution in [3.8, 4) is 11.5 Å². The smallest absolute Gasteiger partial charge is 0.337 e. The van der Waals surface area contributed by atoms with Gasteiger partial charge in [0.05, 0.1) is 30.4 Å². The molecule has 1 aromatic rings. The van der Waals surface area contributed by atoms with Gasteiger partial charge in [0, 0.05) is 5.70 Å². The van der Waals surface area contributed by atoms with Gasteiger partial charge in [-0.05, 0) is 31.5 Å². The Bertz CT molecular complexity index is 687. The highest BCUT2D eigenvalue weighted by Crippen LogP contribution is 2.39. The minimum atomic E-state index is -0.770. The summed E-state index contributed by atoms with van der Waals surface area (Å²) in [5.74, 6) is -0.607. The SMILES string of the molecule is CCOc1cc([C@H]2NC(=O)NC(C)=C2C(=O)OC)cc(Cl)c1O. The van der Waals surface area contributed by atoms with Crippen molar-refractivity contribution in [2.45, 2.75) is 19.9 Å². The molecule has 0 aliphatic carbocycles. The zero-order valence-corrected chi connectivity index (χ0v) is 13.7. The summed E-state index contributed by atoms with van der Waals surface area (Å²) in [4.78, 5) is 23.8. The fourth-order valence-corrected chi connectivity index (χ4v) is 2.57. The summed E-state index contributed by atoms with van der Waals surface area (Å²) >= 11 is 6.02. The van der Waals surface area contributed by atoms with E-state index in [0.29, 0.717) is 17.9 Å². The number of amides is 2. The number of methoxy groups -OCH3 is 1. The Morgan fingerprint density at radius 2 is 2.13 bits per heavy atom. The summed E-state index contributed by atoms with van der Waals surface area (Å²) < 4.78 is 10.1. The molecule has 3 N–H and O–H groups in total. The Morgan fingerprint density at radius 1 is 1.43 bits per heavy atom. The van der Waals surface area contributed by atoms with Crippen LogP contribution in [-0.2, 0) is 9.53 Å². The Balaban J connectivity index is 2.56. The Morgan fingerprint density at radius 3 is 2.74 bits per heavy atom. The summed E-state index contributed by atoms with van der Waals surface area (Å²) in [6.45, 7) is 3.68. The van der Waals surface area contributed by atoms with Crippen molar-refractivity contribution in [1.29, 1.82) is 0 Å². The number of rotatable bonds is 4. The average molecular weight is 341 g/mol. The highest BCUT2D eigenvalue weighted by atomic mass is 35.5. The maximum absolute atomic E-state index is 12.0. The lowest BCUT2D eigenvalue weighted by atomic mass is 9.95. The number of ether oxygens (including phenoxy) is 2. The number of nitrogens with one attached hydrogen (secondary N) is 2. The molecule has 1 atom stereocenters. The first-order valence-electron chi connectivity index (χ1n) is 6.90. The Labute approximate surface area is 138 Å². The molecule has 124 valence electrons. The number of phenols is 1. The van der Waals surface area contributed by atoms with Crippen molar-refractivity contribution in [1.82, 2.24) is 10.6 Å². The zero-order chi connectivity index (χ0) is 17.1. The third-order valence-corrected chi connectivity index (χ3v) is 3.65. The van der Waals surface area contributed by atoms with Gasteiger partial charge in [-0.2, -0.15) is 0 Å². The number of urea groups is 1. The zero-order valence-electron chi connectivity index (χ0n) is 12.9. The van der Waals surface area contributed by atoms with Crippen LogP contribution in [0, 0.1) is 0 Å². The molecule has 0 bridgehead atoms. The second-order valence-electron chi connectivity index (χ2n) is 4.84. The number of hydrogen-bond acceptors (Lipinski definition) is 5. The molecule has 7 nitrogen and oxygen atoms in total. The quantitative estimate of drug-likeness (QED) is 0.730. The summed E-state index contributed by atoms with van der Waals surface area (Å²) in [5, 5.41) is 15.1. The van der Waals surface area contributed by atoms with E-state index in [1.54, 1.807) is 13.8 Å². The number of aromatic hydroxyl groups is 1. The van der Waals surface area contributed by atoms with Gasteiger partial charge in [0.25, 0.3) is 0 Å². The van der Waals surface area contributed by atoms with Crippen LogP contribution in [0.3, 0.4) is 0 Å². The van der Waals surface area contributed by atoms with Gasteiger partial charge in [0.1, 0.15) is 0 Å². The third-order valence-electron chi connectivity index (χ3n) is 3.36. The number of phenolic OH excluding ortho intramolecular Hbond substituents is 1. The first kappa shape index (κ1) is 17.0. The minimum absolute atomic E-state index is 0.0561. The van der Waals surface area contributed by atoms with E-state index in [9.17, 15) is 14.7 Å². The van der Waals surface area contributed by atoms with Crippen molar-refractivity contribution in [3.05, 3.63) is 34.0 Å². The van der Waals surface area contributed by atoms with Gasteiger partial charge >= 0.3 is 12.0 Å². The molecule has 0 spiro atoms. The van der Waals surface area contributed by atoms with Crippen molar-refractivity contribution < 1.29 is 24.2 Å². The number of carbonyl (C=O) groups excluding carboxylic acids is 2. The van der Waals surface area contributed by atoms with Gasteiger partial charge in [-0.1, -0.05) is 11.6 Å². The average Bonchev–Trinajstić information content (AvgIpc) is 2.50. The molecule has 23 heavy (non-hydrogen) atoms. The first-order chi connectivity index (χ1) is 10.9. The van der Waals surface area contributed by atoms with Crippen LogP contribution >= 0.6 is 11.6 Å². The molecule has 2 rings (SSSR count). The predicted octanol–water partition coefficient (Wildman–Crippen LogP) is 2.25. The number of halogens is 1. The standard InChI is InChI=1S/C15H17ClN2O5/c1-4-23-10-6-8(5-9(16)13(10)19)12-11(14(20)22-3)7(2)17-15(21)18-12/h5-6,12,19H,4H2,1-3H3,(H2,17,18,21)/t12-/m1/s1. The molecule has 1 aliphatic rings. The van der Waals surface area contributed by atoms with Gasteiger partial charge in [0.2, 0.25) is 0 Å². The molecular weight excluding hydrogens is 324 g/mol. The topological polar surface area (TPSA) is 96.9 Å². The van der Waals surface area contributed by atoms with Crippen molar-refractivity contribution in [2.75, 3.05) is 13.7 Å². The van der Waals surface area contributed by atoms with Crippen LogP contribution in [-0.4, -0.2) is 30.8 Å². The van der Waals surface area contributed by atoms with Crippen LogP contribution < -0.4 is 15.4 Å². The number of allylic oxidation sites excluding steroid dienone is 1. The molecule has 0 saturated heterocycles. The lowest BCUT2D eigenvalue weighted by molar-refractivity contribution is -0.136. The molecule has 0 radical (unpaired) electrons. The normalized spacial score (nSPS) is 17.4. The van der Waals surface area contributed by atoms with E-state index in [4.69, 9.17) is 21.1 Å². The lowest BCUT2D eigenvalue weighted by Gasteiger charge is -2.28.